The fraction of sp³-hybridized carbons (Fsp3) is 0.263. The minimum absolute atomic E-state index is 0.454. The first-order chi connectivity index (χ1) is 10.6. The normalized spacial score (nSPS) is 11.9. The molecule has 1 aromatic rings. The van der Waals surface area contributed by atoms with Gasteiger partial charge in [0.15, 0.2) is 0 Å². The van der Waals surface area contributed by atoms with Gasteiger partial charge in [0.2, 0.25) is 0 Å². The topological polar surface area (TPSA) is 43.4 Å². The number of hydrogen-bond acceptors (Lipinski definition) is 3. The molecule has 0 amide bonds. The van der Waals surface area contributed by atoms with Gasteiger partial charge in [0.25, 0.3) is 0 Å². The molecule has 3 nitrogen and oxygen atoms in total. The van der Waals surface area contributed by atoms with Crippen molar-refractivity contribution >= 4 is 18.0 Å². The molecule has 0 fully saturated rings. The maximum Gasteiger partial charge on any atom is 0.341 e. The number of rotatable bonds is 7. The Balaban J connectivity index is 2.96. The van der Waals surface area contributed by atoms with E-state index in [0.717, 1.165) is 36.5 Å². The van der Waals surface area contributed by atoms with Crippen molar-refractivity contribution in [1.82, 2.24) is 0 Å². The predicted octanol–water partition coefficient (Wildman–Crippen LogP) is 4.46. The molecule has 0 N–H and O–H groups in total. The van der Waals surface area contributed by atoms with Crippen LogP contribution in [-0.4, -0.2) is 11.9 Å². The highest BCUT2D eigenvalue weighted by Gasteiger charge is 2.13. The fourth-order valence-corrected chi connectivity index (χ4v) is 1.86. The van der Waals surface area contributed by atoms with E-state index in [1.807, 2.05) is 42.5 Å². The second kappa shape index (κ2) is 9.50. The first kappa shape index (κ1) is 17.6. The van der Waals surface area contributed by atoms with Crippen LogP contribution >= 0.6 is 0 Å². The molecule has 0 aliphatic heterocycles. The molecule has 0 aliphatic carbocycles. The zero-order valence-corrected chi connectivity index (χ0v) is 13.2. The number of carbonyl (C=O) groups excluding carboxylic acids is 2. The van der Waals surface area contributed by atoms with E-state index in [9.17, 15) is 9.59 Å². The molecule has 116 valence electrons. The Morgan fingerprint density at radius 2 is 1.91 bits per heavy atom. The molecule has 0 saturated carbocycles. The standard InChI is InChI=1S/C19H22O3/c1-4-6-12-17(14-13-16-10-8-7-9-11-16)15(3)19(21)22-18(20)5-2/h5,7-11,13-14H,2,4,6,12H2,1,3H3. The quantitative estimate of drug-likeness (QED) is 0.323. The number of ether oxygens (including phenoxy) is 1. The second-order valence-corrected chi connectivity index (χ2v) is 4.91. The second-order valence-electron chi connectivity index (χ2n) is 4.91. The maximum absolute atomic E-state index is 11.9. The van der Waals surface area contributed by atoms with Crippen molar-refractivity contribution in [3.63, 3.8) is 0 Å². The number of unbranched alkanes of at least 4 members (excludes halogenated alkanes) is 1. The summed E-state index contributed by atoms with van der Waals surface area (Å²) in [6, 6.07) is 9.85. The van der Waals surface area contributed by atoms with Crippen LogP contribution in [0.1, 0.15) is 38.7 Å². The van der Waals surface area contributed by atoms with Crippen molar-refractivity contribution in [1.29, 1.82) is 0 Å². The Bertz CT molecular complexity index is 580. The van der Waals surface area contributed by atoms with Crippen LogP contribution in [0.3, 0.4) is 0 Å². The van der Waals surface area contributed by atoms with Crippen LogP contribution < -0.4 is 0 Å². The number of hydrogen-bond donors (Lipinski definition) is 0. The van der Waals surface area contributed by atoms with Crippen LogP contribution in [0.2, 0.25) is 0 Å². The molecule has 0 spiro atoms. The van der Waals surface area contributed by atoms with Crippen molar-refractivity contribution in [3.05, 3.63) is 65.8 Å². The van der Waals surface area contributed by atoms with Gasteiger partial charge in [0.1, 0.15) is 0 Å². The highest BCUT2D eigenvalue weighted by Crippen LogP contribution is 2.17. The van der Waals surface area contributed by atoms with Gasteiger partial charge in [-0.2, -0.15) is 0 Å². The average Bonchev–Trinajstić information content (AvgIpc) is 2.55. The Morgan fingerprint density at radius 1 is 1.23 bits per heavy atom. The monoisotopic (exact) mass is 298 g/mol. The van der Waals surface area contributed by atoms with Crippen molar-refractivity contribution in [2.24, 2.45) is 0 Å². The lowest BCUT2D eigenvalue weighted by atomic mass is 10.0. The number of esters is 2. The molecule has 3 heteroatoms. The molecule has 0 heterocycles. The number of benzene rings is 1. The molecule has 0 aromatic heterocycles. The molecule has 0 atom stereocenters. The van der Waals surface area contributed by atoms with E-state index in [-0.39, 0.29) is 0 Å². The van der Waals surface area contributed by atoms with Crippen LogP contribution in [0.4, 0.5) is 0 Å². The van der Waals surface area contributed by atoms with Gasteiger partial charge >= 0.3 is 11.9 Å². The van der Waals surface area contributed by atoms with Crippen molar-refractivity contribution < 1.29 is 14.3 Å². The van der Waals surface area contributed by atoms with Gasteiger partial charge in [0.05, 0.1) is 0 Å². The fourth-order valence-electron chi connectivity index (χ4n) is 1.86. The molecular weight excluding hydrogens is 276 g/mol. The summed E-state index contributed by atoms with van der Waals surface area (Å²) in [5, 5.41) is 0. The van der Waals surface area contributed by atoms with E-state index < -0.39 is 11.9 Å². The van der Waals surface area contributed by atoms with Gasteiger partial charge in [-0.3, -0.25) is 0 Å². The smallest absolute Gasteiger partial charge is 0.341 e. The third-order valence-corrected chi connectivity index (χ3v) is 3.22. The van der Waals surface area contributed by atoms with Crippen LogP contribution in [0.15, 0.2) is 60.2 Å². The van der Waals surface area contributed by atoms with Crippen LogP contribution in [0.25, 0.3) is 6.08 Å². The Kier molecular flexibility index (Phi) is 7.62. The Hall–Kier alpha value is -2.42. The molecular formula is C19H22O3. The van der Waals surface area contributed by atoms with E-state index in [1.54, 1.807) is 6.92 Å². The van der Waals surface area contributed by atoms with E-state index in [0.29, 0.717) is 5.57 Å². The first-order valence-electron chi connectivity index (χ1n) is 7.40. The summed E-state index contributed by atoms with van der Waals surface area (Å²) in [6.07, 6.45) is 7.61. The summed E-state index contributed by atoms with van der Waals surface area (Å²) in [7, 11) is 0. The van der Waals surface area contributed by atoms with Gasteiger partial charge in [-0.25, -0.2) is 9.59 Å². The lowest BCUT2D eigenvalue weighted by Crippen LogP contribution is -2.12. The molecule has 0 bridgehead atoms. The van der Waals surface area contributed by atoms with Gasteiger partial charge in [0, 0.05) is 11.6 Å². The van der Waals surface area contributed by atoms with Crippen molar-refractivity contribution in [2.75, 3.05) is 0 Å². The lowest BCUT2D eigenvalue weighted by molar-refractivity contribution is -0.153. The van der Waals surface area contributed by atoms with E-state index in [4.69, 9.17) is 0 Å². The van der Waals surface area contributed by atoms with Crippen molar-refractivity contribution in [2.45, 2.75) is 33.1 Å². The number of carbonyl (C=O) groups is 2. The van der Waals surface area contributed by atoms with Crippen LogP contribution in [-0.2, 0) is 14.3 Å². The van der Waals surface area contributed by atoms with Gasteiger partial charge in [-0.05, 0) is 30.9 Å². The SMILES string of the molecule is C=CC(=O)OC(=O)C(C)=C(C=Cc1ccccc1)CCCC. The zero-order valence-electron chi connectivity index (χ0n) is 13.2. The largest absolute Gasteiger partial charge is 0.386 e. The summed E-state index contributed by atoms with van der Waals surface area (Å²) in [5.74, 6) is -1.35. The third-order valence-electron chi connectivity index (χ3n) is 3.22. The molecule has 0 unspecified atom stereocenters. The van der Waals surface area contributed by atoms with Gasteiger partial charge < -0.3 is 4.74 Å². The highest BCUT2D eigenvalue weighted by atomic mass is 16.6. The summed E-state index contributed by atoms with van der Waals surface area (Å²) < 4.78 is 4.69. The first-order valence-corrected chi connectivity index (χ1v) is 7.40. The Labute approximate surface area is 132 Å². The van der Waals surface area contributed by atoms with Gasteiger partial charge in [-0.1, -0.05) is 62.4 Å². The van der Waals surface area contributed by atoms with E-state index in [2.05, 4.69) is 18.2 Å². The minimum atomic E-state index is -0.730. The van der Waals surface area contributed by atoms with E-state index in [1.165, 1.54) is 0 Å². The maximum atomic E-state index is 11.9. The molecule has 0 aliphatic rings. The zero-order chi connectivity index (χ0) is 16.4. The predicted molar refractivity (Wildman–Crippen MR) is 89.0 cm³/mol. The third kappa shape index (κ3) is 5.92. The molecule has 0 saturated heterocycles. The average molecular weight is 298 g/mol. The van der Waals surface area contributed by atoms with Crippen LogP contribution in [0.5, 0.6) is 0 Å². The summed E-state index contributed by atoms with van der Waals surface area (Å²) in [4.78, 5) is 23.1. The molecule has 1 rings (SSSR count). The Morgan fingerprint density at radius 3 is 2.50 bits per heavy atom. The van der Waals surface area contributed by atoms with Crippen LogP contribution in [0, 0.1) is 0 Å². The lowest BCUT2D eigenvalue weighted by Gasteiger charge is -2.07. The van der Waals surface area contributed by atoms with E-state index >= 15 is 0 Å². The summed E-state index contributed by atoms with van der Waals surface area (Å²) in [6.45, 7) is 7.06. The minimum Gasteiger partial charge on any atom is -0.386 e. The number of allylic oxidation sites excluding steroid dienone is 2. The van der Waals surface area contributed by atoms with Crippen molar-refractivity contribution in [3.8, 4) is 0 Å². The molecule has 1 aromatic carbocycles. The molecule has 22 heavy (non-hydrogen) atoms. The highest BCUT2D eigenvalue weighted by molar-refractivity contribution is 5.99. The molecule has 0 radical (unpaired) electrons. The summed E-state index contributed by atoms with van der Waals surface area (Å²) >= 11 is 0. The van der Waals surface area contributed by atoms with Gasteiger partial charge in [-0.15, -0.1) is 0 Å². The summed E-state index contributed by atoms with van der Waals surface area (Å²) in [5.41, 5.74) is 2.39.